The molecule has 0 N–H and O–H groups in total. The van der Waals surface area contributed by atoms with Gasteiger partial charge in [-0.05, 0) is 55.9 Å². The Morgan fingerprint density at radius 2 is 1.29 bits per heavy atom. The molecular formula is C27H32O4. The average molecular weight is 421 g/mol. The number of hydrogen-bond acceptors (Lipinski definition) is 4. The molecule has 0 spiro atoms. The fourth-order valence-corrected chi connectivity index (χ4v) is 5.63. The van der Waals surface area contributed by atoms with Gasteiger partial charge in [-0.2, -0.15) is 0 Å². The van der Waals surface area contributed by atoms with Gasteiger partial charge in [-0.1, -0.05) is 63.6 Å². The molecule has 5 rings (SSSR count). The van der Waals surface area contributed by atoms with Crippen LogP contribution in [-0.2, 0) is 9.47 Å². The molecule has 31 heavy (non-hydrogen) atoms. The maximum absolute atomic E-state index is 13.1. The molecule has 0 saturated heterocycles. The van der Waals surface area contributed by atoms with Crippen LogP contribution in [0, 0.1) is 16.7 Å². The normalized spacial score (nSPS) is 29.9. The zero-order valence-corrected chi connectivity index (χ0v) is 18.7. The van der Waals surface area contributed by atoms with Crippen molar-refractivity contribution in [3.63, 3.8) is 0 Å². The van der Waals surface area contributed by atoms with Crippen molar-refractivity contribution < 1.29 is 19.1 Å². The van der Waals surface area contributed by atoms with Crippen LogP contribution in [0.25, 0.3) is 0 Å². The first-order valence-corrected chi connectivity index (χ1v) is 11.4. The number of carbonyl (C=O) groups excluding carboxylic acids is 2. The molecule has 4 nitrogen and oxygen atoms in total. The summed E-state index contributed by atoms with van der Waals surface area (Å²) in [5.41, 5.74) is 0.654. The fraction of sp³-hybridized carbons (Fsp3) is 0.481. The smallest absolute Gasteiger partial charge is 0.338 e. The molecule has 0 aliphatic heterocycles. The summed E-state index contributed by atoms with van der Waals surface area (Å²) < 4.78 is 12.5. The zero-order valence-electron chi connectivity index (χ0n) is 18.7. The van der Waals surface area contributed by atoms with E-state index in [-0.39, 0.29) is 22.8 Å². The molecule has 2 bridgehead atoms. The first-order chi connectivity index (χ1) is 14.9. The zero-order chi connectivity index (χ0) is 22.1. The molecule has 3 fully saturated rings. The number of fused-ring (bicyclic) bond motifs is 4. The van der Waals surface area contributed by atoms with E-state index in [1.54, 1.807) is 24.3 Å². The van der Waals surface area contributed by atoms with E-state index in [0.29, 0.717) is 17.0 Å². The van der Waals surface area contributed by atoms with Gasteiger partial charge in [0.25, 0.3) is 0 Å². The van der Waals surface area contributed by atoms with Crippen molar-refractivity contribution in [2.24, 2.45) is 16.7 Å². The monoisotopic (exact) mass is 420 g/mol. The van der Waals surface area contributed by atoms with E-state index in [2.05, 4.69) is 20.8 Å². The summed E-state index contributed by atoms with van der Waals surface area (Å²) in [6.07, 6.45) is 4.01. The first-order valence-electron chi connectivity index (χ1n) is 11.4. The third-order valence-electron chi connectivity index (χ3n) is 7.72. The highest BCUT2D eigenvalue weighted by molar-refractivity contribution is 5.90. The largest absolute Gasteiger partial charge is 0.454 e. The molecule has 4 unspecified atom stereocenters. The standard InChI is InChI=1S/C27H32O4/c1-19(2)27-16-10-15-26(3,17-18-27)22(30-24(28)20-11-6-4-7-12-20)23(27)31-25(29)21-13-8-5-9-14-21/h4-9,11-14,19,22-23H,10,15-18H2,1-3H3. The summed E-state index contributed by atoms with van der Waals surface area (Å²) in [6, 6.07) is 18.2. The van der Waals surface area contributed by atoms with Crippen molar-refractivity contribution in [2.45, 2.75) is 65.1 Å². The van der Waals surface area contributed by atoms with Gasteiger partial charge in [-0.15, -0.1) is 0 Å². The Labute approximate surface area is 185 Å². The van der Waals surface area contributed by atoms with E-state index in [0.717, 1.165) is 32.1 Å². The van der Waals surface area contributed by atoms with Gasteiger partial charge in [0.1, 0.15) is 12.2 Å². The van der Waals surface area contributed by atoms with E-state index >= 15 is 0 Å². The van der Waals surface area contributed by atoms with E-state index < -0.39 is 12.2 Å². The highest BCUT2D eigenvalue weighted by Crippen LogP contribution is 2.59. The van der Waals surface area contributed by atoms with Gasteiger partial charge in [0.2, 0.25) is 0 Å². The number of ether oxygens (including phenoxy) is 2. The summed E-state index contributed by atoms with van der Waals surface area (Å²) in [6.45, 7) is 6.59. The second-order valence-electron chi connectivity index (χ2n) is 9.78. The molecule has 3 saturated carbocycles. The van der Waals surface area contributed by atoms with Crippen LogP contribution in [0.3, 0.4) is 0 Å². The number of hydrogen-bond donors (Lipinski definition) is 0. The third kappa shape index (κ3) is 4.00. The lowest BCUT2D eigenvalue weighted by Gasteiger charge is -2.53. The molecule has 164 valence electrons. The highest BCUT2D eigenvalue weighted by Gasteiger charge is 2.60. The van der Waals surface area contributed by atoms with Crippen molar-refractivity contribution in [1.82, 2.24) is 0 Å². The maximum atomic E-state index is 13.1. The van der Waals surface area contributed by atoms with Crippen molar-refractivity contribution in [1.29, 1.82) is 0 Å². The fourth-order valence-electron chi connectivity index (χ4n) is 5.63. The van der Waals surface area contributed by atoms with Crippen molar-refractivity contribution in [2.75, 3.05) is 0 Å². The van der Waals surface area contributed by atoms with Gasteiger partial charge in [-0.3, -0.25) is 0 Å². The molecule has 4 heteroatoms. The van der Waals surface area contributed by atoms with Gasteiger partial charge in [-0.25, -0.2) is 9.59 Å². The summed E-state index contributed by atoms with van der Waals surface area (Å²) in [5.74, 6) is -0.386. The molecule has 0 radical (unpaired) electrons. The molecule has 0 heterocycles. The molecule has 3 aliphatic carbocycles. The summed E-state index contributed by atoms with van der Waals surface area (Å²) in [5, 5.41) is 0. The Morgan fingerprint density at radius 3 is 1.81 bits per heavy atom. The highest BCUT2D eigenvalue weighted by atomic mass is 16.6. The van der Waals surface area contributed by atoms with Crippen molar-refractivity contribution in [3.8, 4) is 0 Å². The van der Waals surface area contributed by atoms with Crippen LogP contribution in [0.15, 0.2) is 60.7 Å². The van der Waals surface area contributed by atoms with E-state index in [4.69, 9.17) is 9.47 Å². The predicted molar refractivity (Wildman–Crippen MR) is 120 cm³/mol. The van der Waals surface area contributed by atoms with Gasteiger partial charge in [0.05, 0.1) is 11.1 Å². The minimum atomic E-state index is -0.466. The van der Waals surface area contributed by atoms with Crippen LogP contribution in [0.1, 0.15) is 73.6 Å². The molecule has 0 amide bonds. The summed E-state index contributed by atoms with van der Waals surface area (Å²) >= 11 is 0. The molecule has 2 aromatic rings. The lowest BCUT2D eigenvalue weighted by atomic mass is 9.58. The lowest BCUT2D eigenvalue weighted by Crippen LogP contribution is -2.58. The van der Waals surface area contributed by atoms with Gasteiger partial charge in [0.15, 0.2) is 0 Å². The second kappa shape index (κ2) is 8.49. The van der Waals surface area contributed by atoms with Crippen LogP contribution in [-0.4, -0.2) is 24.1 Å². The van der Waals surface area contributed by atoms with E-state index in [1.165, 1.54) is 0 Å². The van der Waals surface area contributed by atoms with E-state index in [9.17, 15) is 9.59 Å². The Kier molecular flexibility index (Phi) is 5.92. The first kappa shape index (κ1) is 21.6. The minimum Gasteiger partial charge on any atom is -0.454 e. The van der Waals surface area contributed by atoms with Crippen LogP contribution in [0.4, 0.5) is 0 Å². The number of rotatable bonds is 5. The number of benzene rings is 2. The second-order valence-corrected chi connectivity index (χ2v) is 9.78. The minimum absolute atomic E-state index is 0.192. The molecular weight excluding hydrogens is 388 g/mol. The molecule has 4 atom stereocenters. The SMILES string of the molecule is CC(C)C12CCCC(C)(CC1)C(OC(=O)c1ccccc1)C2OC(=O)c1ccccc1. The number of carbonyl (C=O) groups is 2. The predicted octanol–water partition coefficient (Wildman–Crippen LogP) is 6.06. The van der Waals surface area contributed by atoms with Crippen LogP contribution in [0.2, 0.25) is 0 Å². The van der Waals surface area contributed by atoms with Crippen molar-refractivity contribution >= 4 is 11.9 Å². The molecule has 3 aliphatic rings. The quantitative estimate of drug-likeness (QED) is 0.551. The van der Waals surface area contributed by atoms with Crippen LogP contribution in [0.5, 0.6) is 0 Å². The number of esters is 2. The summed E-state index contributed by atoms with van der Waals surface area (Å²) in [4.78, 5) is 26.2. The Morgan fingerprint density at radius 1 is 0.774 bits per heavy atom. The summed E-state index contributed by atoms with van der Waals surface area (Å²) in [7, 11) is 0. The Hall–Kier alpha value is -2.62. The van der Waals surface area contributed by atoms with Crippen molar-refractivity contribution in [3.05, 3.63) is 71.8 Å². The average Bonchev–Trinajstić information content (AvgIpc) is 3.03. The van der Waals surface area contributed by atoms with Crippen LogP contribution < -0.4 is 0 Å². The topological polar surface area (TPSA) is 52.6 Å². The molecule has 2 aromatic carbocycles. The molecule has 0 aromatic heterocycles. The lowest BCUT2D eigenvalue weighted by molar-refractivity contribution is -0.163. The van der Waals surface area contributed by atoms with Gasteiger partial charge in [0, 0.05) is 10.8 Å². The Bertz CT molecular complexity index is 923. The Balaban J connectivity index is 1.71. The third-order valence-corrected chi connectivity index (χ3v) is 7.72. The van der Waals surface area contributed by atoms with Gasteiger partial charge < -0.3 is 9.47 Å². The van der Waals surface area contributed by atoms with Gasteiger partial charge >= 0.3 is 11.9 Å². The maximum Gasteiger partial charge on any atom is 0.338 e. The van der Waals surface area contributed by atoms with E-state index in [1.807, 2.05) is 36.4 Å². The van der Waals surface area contributed by atoms with Crippen LogP contribution >= 0.6 is 0 Å².